The number of rotatable bonds is 7. The van der Waals surface area contributed by atoms with Crippen molar-refractivity contribution < 1.29 is 22.3 Å². The van der Waals surface area contributed by atoms with Gasteiger partial charge in [-0.05, 0) is 24.3 Å². The summed E-state index contributed by atoms with van der Waals surface area (Å²) in [6.45, 7) is -0.162. The van der Waals surface area contributed by atoms with Gasteiger partial charge in [0.1, 0.15) is 16.4 Å². The molecule has 0 atom stereocenters. The number of hydrogen-bond acceptors (Lipinski definition) is 8. The van der Waals surface area contributed by atoms with Crippen LogP contribution in [-0.2, 0) is 16.6 Å². The van der Waals surface area contributed by atoms with Crippen LogP contribution in [0.1, 0.15) is 5.89 Å². The van der Waals surface area contributed by atoms with Crippen LogP contribution in [-0.4, -0.2) is 37.8 Å². The number of pyridine rings is 1. The maximum absolute atomic E-state index is 12.5. The lowest BCUT2D eigenvalue weighted by atomic mass is 10.3. The van der Waals surface area contributed by atoms with E-state index in [1.54, 1.807) is 24.5 Å². The average Bonchev–Trinajstić information content (AvgIpc) is 3.16. The number of ether oxygens (including phenoxy) is 2. The fourth-order valence-electron chi connectivity index (χ4n) is 2.16. The van der Waals surface area contributed by atoms with E-state index in [1.165, 1.54) is 32.4 Å². The van der Waals surface area contributed by atoms with Crippen LogP contribution in [0.2, 0.25) is 0 Å². The fourth-order valence-corrected chi connectivity index (χ4v) is 3.29. The summed E-state index contributed by atoms with van der Waals surface area (Å²) in [5.41, 5.74) is 0.644. The van der Waals surface area contributed by atoms with Gasteiger partial charge < -0.3 is 13.9 Å². The van der Waals surface area contributed by atoms with E-state index in [-0.39, 0.29) is 29.0 Å². The molecule has 0 radical (unpaired) electrons. The van der Waals surface area contributed by atoms with Crippen molar-refractivity contribution in [3.8, 4) is 23.0 Å². The molecular formula is C16H16N4O5S. The molecule has 0 aliphatic heterocycles. The number of hydrogen-bond donors (Lipinski definition) is 1. The van der Waals surface area contributed by atoms with Gasteiger partial charge in [-0.3, -0.25) is 4.98 Å². The molecule has 0 fully saturated rings. The van der Waals surface area contributed by atoms with Gasteiger partial charge in [0.05, 0.1) is 26.3 Å². The van der Waals surface area contributed by atoms with Crippen molar-refractivity contribution in [3.05, 3.63) is 48.6 Å². The number of aromatic nitrogens is 3. The molecule has 9 nitrogen and oxygen atoms in total. The molecule has 1 aromatic carbocycles. The van der Waals surface area contributed by atoms with Crippen LogP contribution in [0, 0.1) is 0 Å². The highest BCUT2D eigenvalue weighted by Gasteiger charge is 2.21. The Kier molecular flexibility index (Phi) is 5.14. The highest BCUT2D eigenvalue weighted by atomic mass is 32.2. The van der Waals surface area contributed by atoms with E-state index >= 15 is 0 Å². The normalized spacial score (nSPS) is 11.3. The standard InChI is InChI=1S/C16H16N4O5S/c1-23-12-5-6-14(13(8-12)24-2)26(21,22)18-10-15-19-20-16(25-15)11-4-3-7-17-9-11/h3-9,18H,10H2,1-2H3. The Labute approximate surface area is 150 Å². The van der Waals surface area contributed by atoms with E-state index in [4.69, 9.17) is 13.9 Å². The average molecular weight is 376 g/mol. The molecule has 0 bridgehead atoms. The Balaban J connectivity index is 1.76. The zero-order chi connectivity index (χ0) is 18.6. The topological polar surface area (TPSA) is 116 Å². The van der Waals surface area contributed by atoms with E-state index < -0.39 is 10.0 Å². The minimum absolute atomic E-state index is 0.0206. The van der Waals surface area contributed by atoms with Crippen molar-refractivity contribution in [1.29, 1.82) is 0 Å². The van der Waals surface area contributed by atoms with Gasteiger partial charge in [-0.2, -0.15) is 0 Å². The predicted octanol–water partition coefficient (Wildman–Crippen LogP) is 1.63. The summed E-state index contributed by atoms with van der Waals surface area (Å²) in [6.07, 6.45) is 3.20. The number of methoxy groups -OCH3 is 2. The molecule has 0 amide bonds. The quantitative estimate of drug-likeness (QED) is 0.661. The lowest BCUT2D eigenvalue weighted by molar-refractivity contribution is 0.385. The third-order valence-corrected chi connectivity index (χ3v) is 4.89. The third-order valence-electron chi connectivity index (χ3n) is 3.45. The van der Waals surface area contributed by atoms with Crippen LogP contribution in [0.25, 0.3) is 11.5 Å². The fraction of sp³-hybridized carbons (Fsp3) is 0.188. The van der Waals surface area contributed by atoms with Crippen molar-refractivity contribution in [2.75, 3.05) is 14.2 Å². The van der Waals surface area contributed by atoms with Gasteiger partial charge in [0.25, 0.3) is 0 Å². The number of nitrogens with zero attached hydrogens (tertiary/aromatic N) is 3. The van der Waals surface area contributed by atoms with Crippen LogP contribution in [0.15, 0.2) is 52.0 Å². The van der Waals surface area contributed by atoms with E-state index in [2.05, 4.69) is 19.9 Å². The Morgan fingerprint density at radius 2 is 2.00 bits per heavy atom. The summed E-state index contributed by atoms with van der Waals surface area (Å²) in [7, 11) is -0.989. The Morgan fingerprint density at radius 1 is 1.15 bits per heavy atom. The molecule has 0 spiro atoms. The SMILES string of the molecule is COc1ccc(S(=O)(=O)NCc2nnc(-c3cccnc3)o2)c(OC)c1. The number of nitrogens with one attached hydrogen (secondary N) is 1. The lowest BCUT2D eigenvalue weighted by Gasteiger charge is -2.11. The molecule has 0 aliphatic rings. The second-order valence-corrected chi connectivity index (χ2v) is 6.82. The van der Waals surface area contributed by atoms with Gasteiger partial charge in [0, 0.05) is 18.5 Å². The van der Waals surface area contributed by atoms with Crippen LogP contribution >= 0.6 is 0 Å². The van der Waals surface area contributed by atoms with E-state index in [0.717, 1.165) is 0 Å². The largest absolute Gasteiger partial charge is 0.497 e. The second-order valence-electron chi connectivity index (χ2n) is 5.08. The molecule has 2 aromatic heterocycles. The first kappa shape index (κ1) is 17.8. The Morgan fingerprint density at radius 3 is 2.69 bits per heavy atom. The first-order chi connectivity index (χ1) is 12.5. The summed E-state index contributed by atoms with van der Waals surface area (Å²) in [6, 6.07) is 7.91. The van der Waals surface area contributed by atoms with E-state index in [1.807, 2.05) is 0 Å². The van der Waals surface area contributed by atoms with Crippen molar-refractivity contribution in [2.45, 2.75) is 11.4 Å². The molecule has 2 heterocycles. The van der Waals surface area contributed by atoms with E-state index in [0.29, 0.717) is 11.3 Å². The first-order valence-corrected chi connectivity index (χ1v) is 8.96. The summed E-state index contributed by atoms with van der Waals surface area (Å²) in [4.78, 5) is 3.94. The number of benzene rings is 1. The molecule has 1 N–H and O–H groups in total. The second kappa shape index (κ2) is 7.50. The molecule has 0 unspecified atom stereocenters. The maximum atomic E-state index is 12.5. The highest BCUT2D eigenvalue weighted by molar-refractivity contribution is 7.89. The highest BCUT2D eigenvalue weighted by Crippen LogP contribution is 2.28. The molecular weight excluding hydrogens is 360 g/mol. The van der Waals surface area contributed by atoms with Crippen LogP contribution < -0.4 is 14.2 Å². The minimum atomic E-state index is -3.85. The molecule has 0 aliphatic carbocycles. The lowest BCUT2D eigenvalue weighted by Crippen LogP contribution is -2.24. The van der Waals surface area contributed by atoms with Crippen molar-refractivity contribution >= 4 is 10.0 Å². The van der Waals surface area contributed by atoms with Gasteiger partial charge in [-0.15, -0.1) is 10.2 Å². The van der Waals surface area contributed by atoms with Crippen LogP contribution in [0.3, 0.4) is 0 Å². The smallest absolute Gasteiger partial charge is 0.249 e. The molecule has 0 saturated heterocycles. The summed E-state index contributed by atoms with van der Waals surface area (Å²) >= 11 is 0. The third kappa shape index (κ3) is 3.81. The molecule has 26 heavy (non-hydrogen) atoms. The predicted molar refractivity (Wildman–Crippen MR) is 91.1 cm³/mol. The van der Waals surface area contributed by atoms with Crippen LogP contribution in [0.5, 0.6) is 11.5 Å². The van der Waals surface area contributed by atoms with Crippen molar-refractivity contribution in [2.24, 2.45) is 0 Å². The minimum Gasteiger partial charge on any atom is -0.497 e. The van der Waals surface area contributed by atoms with Gasteiger partial charge in [0.2, 0.25) is 21.8 Å². The Bertz CT molecular complexity index is 989. The van der Waals surface area contributed by atoms with Crippen molar-refractivity contribution in [3.63, 3.8) is 0 Å². The Hall–Kier alpha value is -2.98. The molecule has 3 rings (SSSR count). The molecule has 136 valence electrons. The zero-order valence-electron chi connectivity index (χ0n) is 14.0. The summed E-state index contributed by atoms with van der Waals surface area (Å²) < 4.78 is 43.1. The number of sulfonamides is 1. The maximum Gasteiger partial charge on any atom is 0.249 e. The van der Waals surface area contributed by atoms with Gasteiger partial charge >= 0.3 is 0 Å². The molecule has 0 saturated carbocycles. The van der Waals surface area contributed by atoms with Gasteiger partial charge in [-0.25, -0.2) is 13.1 Å². The van der Waals surface area contributed by atoms with Crippen LogP contribution in [0.4, 0.5) is 0 Å². The zero-order valence-corrected chi connectivity index (χ0v) is 14.9. The first-order valence-electron chi connectivity index (χ1n) is 7.48. The van der Waals surface area contributed by atoms with Gasteiger partial charge in [0.15, 0.2) is 0 Å². The van der Waals surface area contributed by atoms with Gasteiger partial charge in [-0.1, -0.05) is 0 Å². The monoisotopic (exact) mass is 376 g/mol. The molecule has 3 aromatic rings. The van der Waals surface area contributed by atoms with Crippen molar-refractivity contribution in [1.82, 2.24) is 19.9 Å². The summed E-state index contributed by atoms with van der Waals surface area (Å²) in [5.74, 6) is 1.03. The van der Waals surface area contributed by atoms with E-state index in [9.17, 15) is 8.42 Å². The summed E-state index contributed by atoms with van der Waals surface area (Å²) in [5, 5.41) is 7.72. The molecule has 10 heteroatoms.